The average molecular weight is 314 g/mol. The van der Waals surface area contributed by atoms with E-state index in [4.69, 9.17) is 0 Å². The summed E-state index contributed by atoms with van der Waals surface area (Å²) in [5.41, 5.74) is 0. The first kappa shape index (κ1) is 21.9. The summed E-state index contributed by atoms with van der Waals surface area (Å²) in [6, 6.07) is 0. The molecule has 0 saturated carbocycles. The molecule has 1 unspecified atom stereocenters. The van der Waals surface area contributed by atoms with Gasteiger partial charge in [0, 0.05) is 6.54 Å². The predicted octanol–water partition coefficient (Wildman–Crippen LogP) is 5.83. The van der Waals surface area contributed by atoms with Gasteiger partial charge < -0.3 is 10.4 Å². The predicted molar refractivity (Wildman–Crippen MR) is 99.5 cm³/mol. The van der Waals surface area contributed by atoms with Crippen LogP contribution in [0.2, 0.25) is 0 Å². The topological polar surface area (TPSA) is 32.3 Å². The van der Waals surface area contributed by atoms with E-state index in [0.29, 0.717) is 0 Å². The molecule has 0 aliphatic rings. The molecule has 0 aromatic rings. The van der Waals surface area contributed by atoms with Crippen LogP contribution >= 0.6 is 0 Å². The maximum atomic E-state index is 9.93. The number of unbranched alkanes of at least 4 members (excludes halogenated alkanes) is 12. The minimum atomic E-state index is -0.139. The lowest BCUT2D eigenvalue weighted by Crippen LogP contribution is -2.27. The number of hydrogen-bond acceptors (Lipinski definition) is 2. The fourth-order valence-electron chi connectivity index (χ4n) is 2.91. The third kappa shape index (κ3) is 18.0. The highest BCUT2D eigenvalue weighted by atomic mass is 16.3. The lowest BCUT2D eigenvalue weighted by Gasteiger charge is -2.11. The molecule has 0 saturated heterocycles. The zero-order valence-electron chi connectivity index (χ0n) is 15.5. The van der Waals surface area contributed by atoms with E-state index in [0.717, 1.165) is 19.5 Å². The van der Waals surface area contributed by atoms with E-state index in [1.54, 1.807) is 0 Å². The highest BCUT2D eigenvalue weighted by Crippen LogP contribution is 2.10. The molecule has 0 heterocycles. The smallest absolute Gasteiger partial charge is 0.0664 e. The van der Waals surface area contributed by atoms with Crippen molar-refractivity contribution in [1.29, 1.82) is 0 Å². The summed E-state index contributed by atoms with van der Waals surface area (Å²) in [5.74, 6) is 0. The van der Waals surface area contributed by atoms with Gasteiger partial charge in [0.25, 0.3) is 0 Å². The Balaban J connectivity index is 3.11. The van der Waals surface area contributed by atoms with Gasteiger partial charge in [-0.1, -0.05) is 97.3 Å². The molecule has 2 heteroatoms. The molecule has 0 bridgehead atoms. The number of aliphatic hydroxyl groups excluding tert-OH is 1. The Bertz CT molecular complexity index is 176. The van der Waals surface area contributed by atoms with E-state index in [-0.39, 0.29) is 6.10 Å². The Morgan fingerprint density at radius 2 is 1.09 bits per heavy atom. The van der Waals surface area contributed by atoms with Crippen molar-refractivity contribution in [2.24, 2.45) is 0 Å². The number of nitrogens with one attached hydrogen (secondary N) is 1. The Morgan fingerprint density at radius 1 is 0.636 bits per heavy atom. The van der Waals surface area contributed by atoms with Crippen molar-refractivity contribution < 1.29 is 5.11 Å². The molecule has 0 fully saturated rings. The van der Waals surface area contributed by atoms with Crippen LogP contribution in [0, 0.1) is 0 Å². The first-order chi connectivity index (χ1) is 10.8. The van der Waals surface area contributed by atoms with Crippen molar-refractivity contribution in [3.63, 3.8) is 0 Å². The molecule has 0 aromatic carbocycles. The van der Waals surface area contributed by atoms with Crippen LogP contribution < -0.4 is 5.32 Å². The van der Waals surface area contributed by atoms with Gasteiger partial charge in [-0.25, -0.2) is 0 Å². The molecule has 0 aromatic heterocycles. The summed E-state index contributed by atoms with van der Waals surface area (Å²) in [5, 5.41) is 13.3. The molecule has 2 nitrogen and oxygen atoms in total. The Labute approximate surface area is 140 Å². The third-order valence-corrected chi connectivity index (χ3v) is 4.48. The molecule has 0 amide bonds. The summed E-state index contributed by atoms with van der Waals surface area (Å²) in [7, 11) is 0. The van der Waals surface area contributed by atoms with Crippen molar-refractivity contribution >= 4 is 0 Å². The average Bonchev–Trinajstić information content (AvgIpc) is 2.52. The lowest BCUT2D eigenvalue weighted by atomic mass is 10.1. The second-order valence-corrected chi connectivity index (χ2v) is 6.89. The SMILES string of the molecule is CCCCCCCCCCC(O)CNCCCCCCCC. The van der Waals surface area contributed by atoms with Crippen molar-refractivity contribution in [2.45, 2.75) is 116 Å². The van der Waals surface area contributed by atoms with Crippen molar-refractivity contribution in [3.05, 3.63) is 0 Å². The molecule has 2 N–H and O–H groups in total. The van der Waals surface area contributed by atoms with Gasteiger partial charge in [-0.05, 0) is 19.4 Å². The summed E-state index contributed by atoms with van der Waals surface area (Å²) in [4.78, 5) is 0. The second kappa shape index (κ2) is 19.0. The van der Waals surface area contributed by atoms with Crippen molar-refractivity contribution in [2.75, 3.05) is 13.1 Å². The number of aliphatic hydroxyl groups is 1. The number of rotatable bonds is 18. The van der Waals surface area contributed by atoms with Gasteiger partial charge in [0.15, 0.2) is 0 Å². The fraction of sp³-hybridized carbons (Fsp3) is 1.00. The maximum Gasteiger partial charge on any atom is 0.0664 e. The first-order valence-corrected chi connectivity index (χ1v) is 10.2. The molecule has 0 aliphatic heterocycles. The summed E-state index contributed by atoms with van der Waals surface area (Å²) in [6.07, 6.45) is 19.6. The minimum Gasteiger partial charge on any atom is -0.392 e. The highest BCUT2D eigenvalue weighted by Gasteiger charge is 2.03. The van der Waals surface area contributed by atoms with Crippen LogP contribution in [-0.4, -0.2) is 24.3 Å². The van der Waals surface area contributed by atoms with E-state index >= 15 is 0 Å². The molecule has 22 heavy (non-hydrogen) atoms. The van der Waals surface area contributed by atoms with E-state index in [1.807, 2.05) is 0 Å². The molecule has 0 rings (SSSR count). The molecule has 0 spiro atoms. The van der Waals surface area contributed by atoms with Crippen LogP contribution in [0.1, 0.15) is 110 Å². The molecular formula is C20H43NO. The highest BCUT2D eigenvalue weighted by molar-refractivity contribution is 4.60. The van der Waals surface area contributed by atoms with E-state index in [1.165, 1.54) is 89.9 Å². The van der Waals surface area contributed by atoms with Crippen LogP contribution in [0.15, 0.2) is 0 Å². The van der Waals surface area contributed by atoms with Gasteiger partial charge >= 0.3 is 0 Å². The van der Waals surface area contributed by atoms with Crippen LogP contribution in [0.3, 0.4) is 0 Å². The molecular weight excluding hydrogens is 270 g/mol. The normalized spacial score (nSPS) is 12.7. The largest absolute Gasteiger partial charge is 0.392 e. The van der Waals surface area contributed by atoms with Crippen LogP contribution in [0.25, 0.3) is 0 Å². The van der Waals surface area contributed by atoms with Gasteiger partial charge in [-0.3, -0.25) is 0 Å². The minimum absolute atomic E-state index is 0.139. The van der Waals surface area contributed by atoms with E-state index in [2.05, 4.69) is 19.2 Å². The Kier molecular flexibility index (Phi) is 18.9. The number of hydrogen-bond donors (Lipinski definition) is 2. The van der Waals surface area contributed by atoms with Gasteiger partial charge in [-0.15, -0.1) is 0 Å². The summed E-state index contributed by atoms with van der Waals surface area (Å²) < 4.78 is 0. The first-order valence-electron chi connectivity index (χ1n) is 10.2. The fourth-order valence-corrected chi connectivity index (χ4v) is 2.91. The monoisotopic (exact) mass is 313 g/mol. The van der Waals surface area contributed by atoms with Gasteiger partial charge in [0.05, 0.1) is 6.10 Å². The molecule has 0 radical (unpaired) electrons. The Hall–Kier alpha value is -0.0800. The maximum absolute atomic E-state index is 9.93. The standard InChI is InChI=1S/C20H43NO/c1-3-5-7-9-11-12-13-15-17-20(22)19-21-18-16-14-10-8-6-4-2/h20-22H,3-19H2,1-2H3. The molecule has 1 atom stereocenters. The van der Waals surface area contributed by atoms with Gasteiger partial charge in [0.2, 0.25) is 0 Å². The van der Waals surface area contributed by atoms with Gasteiger partial charge in [-0.2, -0.15) is 0 Å². The Morgan fingerprint density at radius 3 is 1.64 bits per heavy atom. The van der Waals surface area contributed by atoms with Crippen molar-refractivity contribution in [3.8, 4) is 0 Å². The lowest BCUT2D eigenvalue weighted by molar-refractivity contribution is 0.158. The summed E-state index contributed by atoms with van der Waals surface area (Å²) in [6.45, 7) is 6.38. The van der Waals surface area contributed by atoms with E-state index in [9.17, 15) is 5.11 Å². The molecule has 134 valence electrons. The van der Waals surface area contributed by atoms with Crippen LogP contribution in [0.4, 0.5) is 0 Å². The summed E-state index contributed by atoms with van der Waals surface area (Å²) >= 11 is 0. The second-order valence-electron chi connectivity index (χ2n) is 6.89. The zero-order valence-corrected chi connectivity index (χ0v) is 15.5. The zero-order chi connectivity index (χ0) is 16.3. The quantitative estimate of drug-likeness (QED) is 0.312. The van der Waals surface area contributed by atoms with Crippen LogP contribution in [0.5, 0.6) is 0 Å². The van der Waals surface area contributed by atoms with E-state index < -0.39 is 0 Å². The molecule has 0 aliphatic carbocycles. The third-order valence-electron chi connectivity index (χ3n) is 4.48. The van der Waals surface area contributed by atoms with Gasteiger partial charge in [0.1, 0.15) is 0 Å². The van der Waals surface area contributed by atoms with Crippen LogP contribution in [-0.2, 0) is 0 Å². The van der Waals surface area contributed by atoms with Crippen molar-refractivity contribution in [1.82, 2.24) is 5.32 Å².